The van der Waals surface area contributed by atoms with Gasteiger partial charge in [0.15, 0.2) is 6.10 Å². The number of unbranched alkanes of at least 4 members (excludes halogenated alkanes) is 48. The molecule has 0 aromatic heterocycles. The minimum absolute atomic E-state index is 0.179. The number of carbonyl (C=O) groups is 3. The van der Waals surface area contributed by atoms with Crippen molar-refractivity contribution in [2.24, 2.45) is 0 Å². The summed E-state index contributed by atoms with van der Waals surface area (Å²) in [5.74, 6) is -2.00. The summed E-state index contributed by atoms with van der Waals surface area (Å²) >= 11 is 0. The first-order chi connectivity index (χ1) is 38.1. The molecule has 0 rings (SSSR count). The number of hydrogen-bond acceptors (Lipinski definition) is 7. The standard InChI is InChI=1S/C69H133NO8/c1-6-8-10-12-14-16-18-20-21-22-23-24-25-26-27-28-29-30-31-32-33-34-35-36-37-38-39-40-41-42-43-44-45-46-47-48-50-51-53-55-57-59-66(71)76-63-65(64-77-69(68(73)74)75-62-61-70(3,4)5)78-67(72)60-58-56-54-52-49-19-17-15-13-11-9-7-2/h15,17,65,69H,6-14,16,18-64H2,1-5H3/p+1/b17-15-. The smallest absolute Gasteiger partial charge is 0.361 e. The zero-order valence-corrected chi connectivity index (χ0v) is 52.9. The van der Waals surface area contributed by atoms with Crippen LogP contribution in [0.5, 0.6) is 0 Å². The number of quaternary nitrogens is 1. The fraction of sp³-hybridized carbons (Fsp3) is 0.928. The van der Waals surface area contributed by atoms with E-state index in [2.05, 4.69) is 26.0 Å². The number of aliphatic carboxylic acids is 1. The molecular formula is C69H134NO8+. The van der Waals surface area contributed by atoms with E-state index < -0.39 is 24.3 Å². The fourth-order valence-corrected chi connectivity index (χ4v) is 10.5. The van der Waals surface area contributed by atoms with Crippen LogP contribution in [0.3, 0.4) is 0 Å². The number of ether oxygens (including phenoxy) is 4. The highest BCUT2D eigenvalue weighted by molar-refractivity contribution is 5.71. The van der Waals surface area contributed by atoms with E-state index in [4.69, 9.17) is 18.9 Å². The molecule has 0 fully saturated rings. The Kier molecular flexibility index (Phi) is 59.6. The Hall–Kier alpha value is -1.97. The molecule has 0 saturated carbocycles. The average Bonchev–Trinajstić information content (AvgIpc) is 3.41. The lowest BCUT2D eigenvalue weighted by Gasteiger charge is -2.25. The van der Waals surface area contributed by atoms with Crippen LogP contribution in [0.15, 0.2) is 12.2 Å². The Bertz CT molecular complexity index is 1280. The Balaban J connectivity index is 3.80. The molecule has 9 nitrogen and oxygen atoms in total. The monoisotopic (exact) mass is 1110 g/mol. The van der Waals surface area contributed by atoms with E-state index in [0.717, 1.165) is 51.4 Å². The van der Waals surface area contributed by atoms with Gasteiger partial charge in [-0.15, -0.1) is 0 Å². The van der Waals surface area contributed by atoms with Gasteiger partial charge in [0.05, 0.1) is 34.4 Å². The molecule has 0 aromatic rings. The van der Waals surface area contributed by atoms with Gasteiger partial charge in [-0.25, -0.2) is 4.79 Å². The van der Waals surface area contributed by atoms with Crippen LogP contribution in [0.1, 0.15) is 354 Å². The second-order valence-corrected chi connectivity index (χ2v) is 24.8. The summed E-state index contributed by atoms with van der Waals surface area (Å²) in [4.78, 5) is 37.4. The van der Waals surface area contributed by atoms with Crippen molar-refractivity contribution < 1.29 is 42.9 Å². The molecule has 0 aliphatic heterocycles. The molecule has 0 aliphatic rings. The zero-order valence-electron chi connectivity index (χ0n) is 52.9. The summed E-state index contributed by atoms with van der Waals surface area (Å²) in [6.07, 6.45) is 70.9. The Morgan fingerprint density at radius 2 is 0.654 bits per heavy atom. The molecule has 78 heavy (non-hydrogen) atoms. The predicted molar refractivity (Wildman–Crippen MR) is 332 cm³/mol. The van der Waals surface area contributed by atoms with E-state index >= 15 is 0 Å². The molecule has 2 unspecified atom stereocenters. The first-order valence-electron chi connectivity index (χ1n) is 34.4. The molecular weight excluding hydrogens is 971 g/mol. The van der Waals surface area contributed by atoms with Gasteiger partial charge in [-0.1, -0.05) is 315 Å². The van der Waals surface area contributed by atoms with Gasteiger partial charge in [-0.2, -0.15) is 0 Å². The number of hydrogen-bond donors (Lipinski definition) is 1. The summed E-state index contributed by atoms with van der Waals surface area (Å²) < 4.78 is 22.9. The quantitative estimate of drug-likeness (QED) is 0.0211. The molecule has 0 aliphatic carbocycles. The van der Waals surface area contributed by atoms with Crippen molar-refractivity contribution in [2.45, 2.75) is 367 Å². The zero-order chi connectivity index (χ0) is 56.9. The third-order valence-corrected chi connectivity index (χ3v) is 15.8. The van der Waals surface area contributed by atoms with Crippen LogP contribution >= 0.6 is 0 Å². The number of carbonyl (C=O) groups excluding carboxylic acids is 2. The largest absolute Gasteiger partial charge is 0.477 e. The molecule has 1 N–H and O–H groups in total. The first kappa shape index (κ1) is 76.0. The predicted octanol–water partition coefficient (Wildman–Crippen LogP) is 20.9. The maximum Gasteiger partial charge on any atom is 0.361 e. The van der Waals surface area contributed by atoms with Crippen molar-refractivity contribution in [3.05, 3.63) is 12.2 Å². The molecule has 462 valence electrons. The second-order valence-electron chi connectivity index (χ2n) is 24.8. The van der Waals surface area contributed by atoms with E-state index in [-0.39, 0.29) is 32.2 Å². The Morgan fingerprint density at radius 3 is 0.974 bits per heavy atom. The number of nitrogens with zero attached hydrogens (tertiary/aromatic N) is 1. The van der Waals surface area contributed by atoms with Crippen molar-refractivity contribution in [1.29, 1.82) is 0 Å². The third-order valence-electron chi connectivity index (χ3n) is 15.8. The number of carboxylic acid groups (broad SMARTS) is 1. The van der Waals surface area contributed by atoms with Gasteiger partial charge in [0.2, 0.25) is 0 Å². The third kappa shape index (κ3) is 61.6. The van der Waals surface area contributed by atoms with Gasteiger partial charge in [0.25, 0.3) is 6.29 Å². The summed E-state index contributed by atoms with van der Waals surface area (Å²) in [5.41, 5.74) is 0. The lowest BCUT2D eigenvalue weighted by Crippen LogP contribution is -2.40. The molecule has 0 heterocycles. The maximum atomic E-state index is 12.8. The molecule has 9 heteroatoms. The summed E-state index contributed by atoms with van der Waals surface area (Å²) in [5, 5.41) is 9.69. The highest BCUT2D eigenvalue weighted by atomic mass is 16.7. The van der Waals surface area contributed by atoms with Crippen molar-refractivity contribution in [1.82, 2.24) is 0 Å². The van der Waals surface area contributed by atoms with Crippen molar-refractivity contribution >= 4 is 17.9 Å². The minimum atomic E-state index is -1.51. The SMILES string of the molecule is CCCCC/C=C\CCCCCCCC(=O)OC(COC(=O)CCCCCCCCCCCCCCCCCCCCCCCCCCCCCCCCCCCCCCCCCCC)COC(OCC[N+](C)(C)C)C(=O)O. The molecule has 0 spiro atoms. The lowest BCUT2D eigenvalue weighted by molar-refractivity contribution is -0.870. The van der Waals surface area contributed by atoms with E-state index in [1.807, 2.05) is 21.1 Å². The van der Waals surface area contributed by atoms with Gasteiger partial charge in [-0.05, 0) is 38.5 Å². The highest BCUT2D eigenvalue weighted by Gasteiger charge is 2.25. The molecule has 0 saturated heterocycles. The minimum Gasteiger partial charge on any atom is -0.477 e. The van der Waals surface area contributed by atoms with Crippen LogP contribution in [0.2, 0.25) is 0 Å². The number of carboxylic acids is 1. The van der Waals surface area contributed by atoms with Crippen LogP contribution in [0, 0.1) is 0 Å². The maximum absolute atomic E-state index is 12.8. The van der Waals surface area contributed by atoms with E-state index in [9.17, 15) is 19.5 Å². The topological polar surface area (TPSA) is 108 Å². The Labute approximate surface area is 485 Å². The summed E-state index contributed by atoms with van der Waals surface area (Å²) in [6.45, 7) is 4.89. The number of esters is 2. The second kappa shape index (κ2) is 61.1. The molecule has 0 bridgehead atoms. The van der Waals surface area contributed by atoms with Crippen LogP contribution in [0.25, 0.3) is 0 Å². The van der Waals surface area contributed by atoms with Gasteiger partial charge in [0.1, 0.15) is 13.2 Å². The van der Waals surface area contributed by atoms with Crippen molar-refractivity contribution in [3.8, 4) is 0 Å². The van der Waals surface area contributed by atoms with Crippen LogP contribution in [-0.2, 0) is 33.3 Å². The molecule has 0 radical (unpaired) electrons. The Morgan fingerprint density at radius 1 is 0.372 bits per heavy atom. The lowest BCUT2D eigenvalue weighted by atomic mass is 10.0. The van der Waals surface area contributed by atoms with E-state index in [0.29, 0.717) is 23.9 Å². The van der Waals surface area contributed by atoms with Crippen LogP contribution < -0.4 is 0 Å². The average molecular weight is 1110 g/mol. The molecule has 2 atom stereocenters. The van der Waals surface area contributed by atoms with Crippen LogP contribution in [0.4, 0.5) is 0 Å². The van der Waals surface area contributed by atoms with Gasteiger partial charge >= 0.3 is 17.9 Å². The van der Waals surface area contributed by atoms with Gasteiger partial charge < -0.3 is 28.5 Å². The summed E-state index contributed by atoms with van der Waals surface area (Å²) in [7, 11) is 5.97. The van der Waals surface area contributed by atoms with E-state index in [1.54, 1.807) is 0 Å². The normalized spacial score (nSPS) is 12.7. The van der Waals surface area contributed by atoms with E-state index in [1.165, 1.54) is 270 Å². The van der Waals surface area contributed by atoms with Crippen molar-refractivity contribution in [3.63, 3.8) is 0 Å². The summed E-state index contributed by atoms with van der Waals surface area (Å²) in [6, 6.07) is 0. The van der Waals surface area contributed by atoms with Crippen molar-refractivity contribution in [2.75, 3.05) is 47.5 Å². The van der Waals surface area contributed by atoms with Crippen LogP contribution in [-0.4, -0.2) is 87.4 Å². The highest BCUT2D eigenvalue weighted by Crippen LogP contribution is 2.19. The van der Waals surface area contributed by atoms with Gasteiger partial charge in [0, 0.05) is 12.8 Å². The number of likely N-dealkylation sites (N-methyl/N-ethyl adjacent to an activating group) is 1. The number of rotatable bonds is 65. The molecule has 0 amide bonds. The number of allylic oxidation sites excluding steroid dienone is 2. The first-order valence-corrected chi connectivity index (χ1v) is 34.4. The fourth-order valence-electron chi connectivity index (χ4n) is 10.5. The molecule has 0 aromatic carbocycles. The van der Waals surface area contributed by atoms with Gasteiger partial charge in [-0.3, -0.25) is 9.59 Å².